The van der Waals surface area contributed by atoms with Gasteiger partial charge in [-0.3, -0.25) is 28.3 Å². The standard InChI is InChI=1S/C85H168N2O20P2/c1-7-13-19-25-29-33-35-39-43-49-55-61-84(92)106-78(72-98-67-63-76(57-51-45-23-17-11-5)104-82(90)59-53-47-41-37-31-27-21-15-9-3)74-102-108(94,95)100-69-65-86-80(88)71-81(89)87-66-70-101-109(96,97)103-75-79(107-85(93)62-56-50-44-40-36-34-30-26-20-14-8-2)73-99-68-64-77(58-52-46-24-18-12-6)105-83(91)60-54-48-42-38-32-28-22-16-10-4/h76-79,84-85,92-93H,7-75H2,1-6H3,(H,86,88)(H,87,89)(H,94,95)(H,96,97)/p-2/t76-,77-,78-,79-,84?,85?/m0/s1. The fourth-order valence-electron chi connectivity index (χ4n) is 13.2. The predicted molar refractivity (Wildman–Crippen MR) is 435 cm³/mol. The Morgan fingerprint density at radius 1 is 0.303 bits per heavy atom. The summed E-state index contributed by atoms with van der Waals surface area (Å²) >= 11 is 0. The SMILES string of the molecule is CCCCCCCCCCCCCC(O)O[C@@H](COCC[C@H](CCCCCCC)OC(=O)CCCCCCCCCCC)COP(=O)([O-])OCCNC(=O)CC(=O)NCCOP(=O)([O-])OC[C@H](COCC[C@H](CCCCCCC)OC(=O)CCCCCCCCCCC)OC(O)CCCCCCCCCCCCC. The van der Waals surface area contributed by atoms with Gasteiger partial charge in [-0.15, -0.1) is 0 Å². The van der Waals surface area contributed by atoms with Crippen molar-refractivity contribution >= 4 is 39.4 Å². The molecule has 0 fully saturated rings. The lowest BCUT2D eigenvalue weighted by Gasteiger charge is -2.27. The number of phosphoric acid groups is 2. The largest absolute Gasteiger partial charge is 0.756 e. The summed E-state index contributed by atoms with van der Waals surface area (Å²) in [7, 11) is -9.99. The Hall–Kier alpha value is -2.14. The Kier molecular flexibility index (Phi) is 78.1. The number of esters is 2. The lowest BCUT2D eigenvalue weighted by Crippen LogP contribution is -2.35. The van der Waals surface area contributed by atoms with Crippen molar-refractivity contribution in [2.24, 2.45) is 0 Å². The van der Waals surface area contributed by atoms with Crippen LogP contribution in [-0.2, 0) is 74.8 Å². The molecule has 8 atom stereocenters. The zero-order valence-corrected chi connectivity index (χ0v) is 72.2. The average Bonchev–Trinajstić information content (AvgIpc) is 0.927. The van der Waals surface area contributed by atoms with E-state index in [2.05, 4.69) is 52.2 Å². The number of hydrogen-bond donors (Lipinski definition) is 4. The number of unbranched alkanes of at least 4 members (excludes halogenated alkanes) is 44. The van der Waals surface area contributed by atoms with E-state index in [1.807, 2.05) is 0 Å². The van der Waals surface area contributed by atoms with E-state index in [1.54, 1.807) is 0 Å². The molecule has 0 saturated carbocycles. The Bertz CT molecular complexity index is 1980. The van der Waals surface area contributed by atoms with Crippen molar-refractivity contribution in [2.45, 2.75) is 457 Å². The third-order valence-corrected chi connectivity index (χ3v) is 21.8. The van der Waals surface area contributed by atoms with Crippen LogP contribution in [0.1, 0.15) is 420 Å². The highest BCUT2D eigenvalue weighted by molar-refractivity contribution is 7.46. The first-order valence-electron chi connectivity index (χ1n) is 44.9. The van der Waals surface area contributed by atoms with Gasteiger partial charge >= 0.3 is 11.9 Å². The zero-order valence-electron chi connectivity index (χ0n) is 70.4. The van der Waals surface area contributed by atoms with Gasteiger partial charge in [0, 0.05) is 38.8 Å². The van der Waals surface area contributed by atoms with Crippen LogP contribution in [-0.4, -0.2) is 137 Å². The third kappa shape index (κ3) is 76.9. The van der Waals surface area contributed by atoms with Crippen molar-refractivity contribution in [3.63, 3.8) is 0 Å². The Balaban J connectivity index is 5.51. The molecule has 0 aromatic rings. The Labute approximate surface area is 665 Å². The summed E-state index contributed by atoms with van der Waals surface area (Å²) in [4.78, 5) is 77.6. The molecule has 0 aliphatic carbocycles. The van der Waals surface area contributed by atoms with Crippen LogP contribution < -0.4 is 20.4 Å². The Morgan fingerprint density at radius 2 is 0.550 bits per heavy atom. The number of ether oxygens (including phenoxy) is 6. The number of aliphatic hydroxyl groups excluding tert-OH is 2. The number of phosphoric ester groups is 2. The molecule has 648 valence electrons. The van der Waals surface area contributed by atoms with Crippen LogP contribution in [0.4, 0.5) is 0 Å². The molecular weight excluding hydrogens is 1430 g/mol. The summed E-state index contributed by atoms with van der Waals surface area (Å²) in [5, 5.41) is 26.8. The van der Waals surface area contributed by atoms with E-state index in [0.717, 1.165) is 141 Å². The Morgan fingerprint density at radius 3 is 0.826 bits per heavy atom. The molecule has 0 radical (unpaired) electrons. The minimum absolute atomic E-state index is 0.126. The predicted octanol–water partition coefficient (Wildman–Crippen LogP) is 20.6. The zero-order chi connectivity index (χ0) is 80.0. The molecule has 109 heavy (non-hydrogen) atoms. The summed E-state index contributed by atoms with van der Waals surface area (Å²) in [5.41, 5.74) is 0. The first-order chi connectivity index (χ1) is 52.9. The quantitative estimate of drug-likeness (QED) is 0.0145. The van der Waals surface area contributed by atoms with Crippen LogP contribution in [0.25, 0.3) is 0 Å². The highest BCUT2D eigenvalue weighted by Crippen LogP contribution is 2.39. The van der Waals surface area contributed by atoms with E-state index >= 15 is 0 Å². The van der Waals surface area contributed by atoms with E-state index in [0.29, 0.717) is 64.2 Å². The van der Waals surface area contributed by atoms with E-state index < -0.39 is 85.1 Å². The molecule has 4 N–H and O–H groups in total. The van der Waals surface area contributed by atoms with Gasteiger partial charge in [0.1, 0.15) is 30.8 Å². The molecule has 22 nitrogen and oxygen atoms in total. The lowest BCUT2D eigenvalue weighted by atomic mass is 10.1. The van der Waals surface area contributed by atoms with Gasteiger partial charge in [-0.05, 0) is 64.2 Å². The smallest absolute Gasteiger partial charge is 0.306 e. The second kappa shape index (κ2) is 79.7. The van der Waals surface area contributed by atoms with E-state index in [4.69, 9.17) is 46.5 Å². The highest BCUT2D eigenvalue weighted by Gasteiger charge is 2.24. The fourth-order valence-corrected chi connectivity index (χ4v) is 14.7. The van der Waals surface area contributed by atoms with E-state index in [1.165, 1.54) is 167 Å². The summed E-state index contributed by atoms with van der Waals surface area (Å²) < 4.78 is 82.5. The maximum atomic E-state index is 13.0. The molecule has 0 aromatic heterocycles. The van der Waals surface area contributed by atoms with Crippen molar-refractivity contribution < 1.29 is 94.8 Å². The van der Waals surface area contributed by atoms with Crippen molar-refractivity contribution in [3.05, 3.63) is 0 Å². The van der Waals surface area contributed by atoms with Gasteiger partial charge in [-0.1, -0.05) is 324 Å². The van der Waals surface area contributed by atoms with Gasteiger partial charge in [-0.25, -0.2) is 0 Å². The number of hydrogen-bond acceptors (Lipinski definition) is 20. The summed E-state index contributed by atoms with van der Waals surface area (Å²) in [6.45, 7) is 10.6. The summed E-state index contributed by atoms with van der Waals surface area (Å²) in [6.07, 6.45) is 54.3. The van der Waals surface area contributed by atoms with Crippen molar-refractivity contribution in [1.82, 2.24) is 10.6 Å². The molecule has 24 heteroatoms. The number of carbonyl (C=O) groups is 4. The lowest BCUT2D eigenvalue weighted by molar-refractivity contribution is -0.233. The monoisotopic (exact) mass is 1600 g/mol. The average molecular weight is 1600 g/mol. The van der Waals surface area contributed by atoms with Gasteiger partial charge in [0.2, 0.25) is 11.8 Å². The molecule has 2 amide bonds. The molecule has 0 aliphatic heterocycles. The molecule has 0 heterocycles. The van der Waals surface area contributed by atoms with Crippen LogP contribution in [0.2, 0.25) is 0 Å². The van der Waals surface area contributed by atoms with Crippen molar-refractivity contribution in [2.75, 3.05) is 65.9 Å². The first-order valence-corrected chi connectivity index (χ1v) is 47.8. The van der Waals surface area contributed by atoms with E-state index in [9.17, 15) is 48.3 Å². The molecule has 0 saturated heterocycles. The number of nitrogens with one attached hydrogen (secondary N) is 2. The van der Waals surface area contributed by atoms with Crippen molar-refractivity contribution in [3.8, 4) is 0 Å². The minimum atomic E-state index is -5.00. The van der Waals surface area contributed by atoms with Crippen LogP contribution in [0, 0.1) is 0 Å². The number of amides is 2. The second-order valence-corrected chi connectivity index (χ2v) is 33.4. The minimum Gasteiger partial charge on any atom is -0.756 e. The van der Waals surface area contributed by atoms with Gasteiger partial charge in [0.15, 0.2) is 12.6 Å². The molecule has 0 spiro atoms. The van der Waals surface area contributed by atoms with Gasteiger partial charge in [0.05, 0.1) is 52.9 Å². The van der Waals surface area contributed by atoms with E-state index in [-0.39, 0.29) is 63.7 Å². The molecule has 0 rings (SSSR count). The second-order valence-electron chi connectivity index (χ2n) is 30.6. The van der Waals surface area contributed by atoms with Gasteiger partial charge in [-0.2, -0.15) is 0 Å². The van der Waals surface area contributed by atoms with Crippen LogP contribution in [0.3, 0.4) is 0 Å². The highest BCUT2D eigenvalue weighted by atomic mass is 31.2. The van der Waals surface area contributed by atoms with Gasteiger partial charge < -0.3 is 77.1 Å². The summed E-state index contributed by atoms with van der Waals surface area (Å²) in [6, 6.07) is 0. The maximum absolute atomic E-state index is 13.0. The topological polar surface area (TPSA) is 305 Å². The maximum Gasteiger partial charge on any atom is 0.306 e. The first kappa shape index (κ1) is 107. The third-order valence-electron chi connectivity index (χ3n) is 19.9. The fraction of sp³-hybridized carbons (Fsp3) is 0.953. The molecular formula is C85H166N2O20P2-2. The molecule has 0 aromatic carbocycles. The van der Waals surface area contributed by atoms with Crippen molar-refractivity contribution in [1.29, 1.82) is 0 Å². The number of aliphatic hydroxyl groups is 2. The molecule has 0 bridgehead atoms. The van der Waals surface area contributed by atoms with Crippen LogP contribution in [0.5, 0.6) is 0 Å². The number of carbonyl (C=O) groups excluding carboxylic acids is 4. The molecule has 0 aliphatic rings. The van der Waals surface area contributed by atoms with Crippen LogP contribution in [0.15, 0.2) is 0 Å². The number of rotatable bonds is 88. The summed E-state index contributed by atoms with van der Waals surface area (Å²) in [5.74, 6) is -1.96. The van der Waals surface area contributed by atoms with Crippen LogP contribution >= 0.6 is 15.6 Å². The van der Waals surface area contributed by atoms with Gasteiger partial charge in [0.25, 0.3) is 15.6 Å². The molecule has 4 unspecified atom stereocenters. The normalized spacial score (nSPS) is 14.6.